The van der Waals surface area contributed by atoms with E-state index in [-0.39, 0.29) is 20.1 Å². The summed E-state index contributed by atoms with van der Waals surface area (Å²) in [6, 6.07) is 15.6. The van der Waals surface area contributed by atoms with Crippen LogP contribution in [0.15, 0.2) is 71.4 Å². The van der Waals surface area contributed by atoms with Gasteiger partial charge in [-0.05, 0) is 0 Å². The average molecular weight is 830 g/mol. The van der Waals surface area contributed by atoms with Crippen molar-refractivity contribution in [3.05, 3.63) is 82.9 Å². The molecule has 0 saturated heterocycles. The zero-order valence-electron chi connectivity index (χ0n) is 20.4. The van der Waals surface area contributed by atoms with Crippen LogP contribution in [0.5, 0.6) is 0 Å². The van der Waals surface area contributed by atoms with E-state index in [1.807, 2.05) is 12.1 Å². The monoisotopic (exact) mass is 827 g/mol. The maximum atomic E-state index is 11.2. The van der Waals surface area contributed by atoms with Gasteiger partial charge in [0.25, 0.3) is 0 Å². The van der Waals surface area contributed by atoms with E-state index in [0.29, 0.717) is 6.54 Å². The van der Waals surface area contributed by atoms with E-state index < -0.39 is 5.97 Å². The second-order valence-electron chi connectivity index (χ2n) is 8.60. The van der Waals surface area contributed by atoms with E-state index in [1.165, 1.54) is 14.4 Å². The van der Waals surface area contributed by atoms with Crippen molar-refractivity contribution in [3.8, 4) is 10.1 Å². The summed E-state index contributed by atoms with van der Waals surface area (Å²) in [5.41, 5.74) is 4.41. The summed E-state index contributed by atoms with van der Waals surface area (Å²) in [7, 11) is 0. The molecule has 1 aliphatic heterocycles. The Bertz CT molecular complexity index is 1750. The summed E-state index contributed by atoms with van der Waals surface area (Å²) >= 11 is 15.1. The normalized spacial score (nSPS) is 12.1. The van der Waals surface area contributed by atoms with Crippen LogP contribution in [0, 0.1) is 0 Å². The Morgan fingerprint density at radius 1 is 0.921 bits per heavy atom. The van der Waals surface area contributed by atoms with Gasteiger partial charge in [0, 0.05) is 0 Å². The zero-order chi connectivity index (χ0) is 27.1. The van der Waals surface area contributed by atoms with Crippen LogP contribution in [0.2, 0.25) is 0 Å². The van der Waals surface area contributed by atoms with Crippen LogP contribution in [-0.2, 0) is 6.54 Å². The first-order chi connectivity index (χ1) is 18.2. The third-order valence-corrected chi connectivity index (χ3v) is 13.4. The van der Waals surface area contributed by atoms with E-state index in [0.717, 1.165) is 63.9 Å². The minimum atomic E-state index is -0.936. The molecule has 1 heterocycles. The molecule has 194 valence electrons. The van der Waals surface area contributed by atoms with Crippen molar-refractivity contribution in [2.75, 3.05) is 18.0 Å². The summed E-state index contributed by atoms with van der Waals surface area (Å²) in [6.07, 6.45) is 0. The molecule has 0 aromatic heterocycles. The SMILES string of the molecule is CCN(CC)c1ccc2nc3c4c(Br)c(Br)c(Br)c(Br)c4c(=NCc4ccc(C(=O)O)cc4)cc-3[se]c2c1. The van der Waals surface area contributed by atoms with E-state index in [1.54, 1.807) is 12.1 Å². The van der Waals surface area contributed by atoms with Gasteiger partial charge in [0.05, 0.1) is 0 Å². The number of aromatic nitrogens is 1. The third kappa shape index (κ3) is 5.16. The predicted molar refractivity (Wildman–Crippen MR) is 170 cm³/mol. The van der Waals surface area contributed by atoms with Crippen LogP contribution in [0.1, 0.15) is 29.8 Å². The number of carbonyl (C=O) groups is 1. The number of aromatic carboxylic acids is 1. The molecule has 5 rings (SSSR count). The van der Waals surface area contributed by atoms with Crippen LogP contribution in [0.25, 0.3) is 30.7 Å². The molecule has 0 bridgehead atoms. The molecular weight excluding hydrogens is 809 g/mol. The molecule has 0 spiro atoms. The van der Waals surface area contributed by atoms with Crippen molar-refractivity contribution in [2.24, 2.45) is 4.99 Å². The summed E-state index contributed by atoms with van der Waals surface area (Å²) < 4.78 is 6.06. The van der Waals surface area contributed by atoms with Crippen LogP contribution in [-0.4, -0.2) is 43.7 Å². The van der Waals surface area contributed by atoms with Crippen molar-refractivity contribution >= 4 is 110 Å². The fourth-order valence-corrected chi connectivity index (χ4v) is 9.14. The van der Waals surface area contributed by atoms with E-state index in [9.17, 15) is 9.90 Å². The molecule has 10 heteroatoms. The number of hydrogen-bond donors (Lipinski definition) is 1. The molecule has 0 fully saturated rings. The summed E-state index contributed by atoms with van der Waals surface area (Å²) in [5.74, 6) is -0.936. The molecule has 3 aromatic rings. The molecule has 1 aliphatic carbocycles. The Morgan fingerprint density at radius 3 is 2.21 bits per heavy atom. The Labute approximate surface area is 259 Å². The zero-order valence-corrected chi connectivity index (χ0v) is 28.4. The fourth-order valence-electron chi connectivity index (χ4n) is 4.43. The van der Waals surface area contributed by atoms with Crippen molar-refractivity contribution in [2.45, 2.75) is 20.4 Å². The van der Waals surface area contributed by atoms with Gasteiger partial charge in [0.15, 0.2) is 0 Å². The number of carboxylic acid groups (broad SMARTS) is 1. The Morgan fingerprint density at radius 2 is 1.58 bits per heavy atom. The number of halogens is 4. The second-order valence-corrected chi connectivity index (χ2v) is 14.1. The van der Waals surface area contributed by atoms with Gasteiger partial charge in [-0.1, -0.05) is 0 Å². The van der Waals surface area contributed by atoms with Gasteiger partial charge < -0.3 is 0 Å². The molecular formula is C28H21Br4N3O2Se. The number of benzene rings is 4. The summed E-state index contributed by atoms with van der Waals surface area (Å²) in [5, 5.41) is 12.0. The number of anilines is 1. The molecule has 3 aromatic carbocycles. The van der Waals surface area contributed by atoms with Gasteiger partial charge in [0.1, 0.15) is 0 Å². The Hall–Kier alpha value is -1.55. The molecule has 0 radical (unpaired) electrons. The quantitative estimate of drug-likeness (QED) is 0.0616. The van der Waals surface area contributed by atoms with Gasteiger partial charge in [-0.15, -0.1) is 0 Å². The van der Waals surface area contributed by atoms with Gasteiger partial charge in [0.2, 0.25) is 0 Å². The number of hydrogen-bond acceptors (Lipinski definition) is 4. The van der Waals surface area contributed by atoms with Crippen molar-refractivity contribution in [1.29, 1.82) is 0 Å². The van der Waals surface area contributed by atoms with Crippen LogP contribution in [0.4, 0.5) is 5.69 Å². The third-order valence-electron chi connectivity index (χ3n) is 6.42. The van der Waals surface area contributed by atoms with Crippen molar-refractivity contribution in [1.82, 2.24) is 4.98 Å². The van der Waals surface area contributed by atoms with Gasteiger partial charge in [-0.3, -0.25) is 0 Å². The molecule has 0 saturated carbocycles. The molecule has 0 amide bonds. The number of nitrogens with zero attached hydrogens (tertiary/aromatic N) is 3. The van der Waals surface area contributed by atoms with Gasteiger partial charge in [-0.2, -0.15) is 0 Å². The second kappa shape index (κ2) is 11.5. The molecule has 5 nitrogen and oxygen atoms in total. The topological polar surface area (TPSA) is 65.8 Å². The molecule has 0 atom stereocenters. The summed E-state index contributed by atoms with van der Waals surface area (Å²) in [6.45, 7) is 6.70. The standard InChI is InChI=1S/C28H21Br4N3O2Se/c1-3-35(4-2)16-9-10-17-19(11-16)38-20-12-18(33-13-14-5-7-15(8-6-14)28(36)37)21-22(27(20)34-17)24(30)26(32)25(31)23(21)29/h5-12H,3-4,13H2,1-2H3,(H,36,37). The molecule has 0 unspecified atom stereocenters. The first-order valence-corrected chi connectivity index (χ1v) is 16.7. The Balaban J connectivity index is 1.78. The van der Waals surface area contributed by atoms with Gasteiger partial charge in [-0.25, -0.2) is 0 Å². The number of fused-ring (bicyclic) bond motifs is 4. The van der Waals surface area contributed by atoms with Crippen LogP contribution < -0.4 is 10.3 Å². The van der Waals surface area contributed by atoms with E-state index >= 15 is 0 Å². The number of rotatable bonds is 6. The van der Waals surface area contributed by atoms with E-state index in [2.05, 4.69) is 107 Å². The first-order valence-electron chi connectivity index (χ1n) is 11.8. The summed E-state index contributed by atoms with van der Waals surface area (Å²) in [4.78, 5) is 23.8. The van der Waals surface area contributed by atoms with Crippen LogP contribution in [0.3, 0.4) is 0 Å². The van der Waals surface area contributed by atoms with Crippen LogP contribution >= 0.6 is 63.7 Å². The van der Waals surface area contributed by atoms with E-state index in [4.69, 9.17) is 9.98 Å². The maximum absolute atomic E-state index is 11.2. The number of carboxylic acids is 1. The van der Waals surface area contributed by atoms with Crippen molar-refractivity contribution in [3.63, 3.8) is 0 Å². The molecule has 2 aliphatic rings. The first kappa shape index (κ1) is 28.0. The average Bonchev–Trinajstić information content (AvgIpc) is 2.92. The predicted octanol–water partition coefficient (Wildman–Crippen LogP) is 8.25. The van der Waals surface area contributed by atoms with Crippen molar-refractivity contribution < 1.29 is 9.90 Å². The Kier molecular flexibility index (Phi) is 8.48. The fraction of sp³-hybridized carbons (Fsp3) is 0.179. The van der Waals surface area contributed by atoms with Gasteiger partial charge >= 0.3 is 262 Å². The minimum absolute atomic E-state index is 0.0443. The molecule has 38 heavy (non-hydrogen) atoms. The molecule has 1 N–H and O–H groups in total.